The summed E-state index contributed by atoms with van der Waals surface area (Å²) in [4.78, 5) is 10.2. The first-order valence-corrected chi connectivity index (χ1v) is 18.6. The molecule has 0 spiro atoms. The summed E-state index contributed by atoms with van der Waals surface area (Å²) in [5.74, 6) is 0.696. The first-order valence-electron chi connectivity index (χ1n) is 18.6. The van der Waals surface area contributed by atoms with Crippen LogP contribution in [0.4, 0.5) is 0 Å². The van der Waals surface area contributed by atoms with E-state index in [0.29, 0.717) is 5.82 Å². The highest BCUT2D eigenvalue weighted by Gasteiger charge is 2.27. The van der Waals surface area contributed by atoms with Gasteiger partial charge in [0.2, 0.25) is 0 Å². The van der Waals surface area contributed by atoms with Crippen molar-refractivity contribution in [1.29, 1.82) is 0 Å². The second-order valence-corrected chi connectivity index (χ2v) is 14.1. The van der Waals surface area contributed by atoms with E-state index in [1.165, 1.54) is 10.8 Å². The fourth-order valence-corrected chi connectivity index (χ4v) is 8.78. The van der Waals surface area contributed by atoms with Crippen LogP contribution in [0.5, 0.6) is 0 Å². The fraction of sp³-hybridized carbons (Fsp3) is 0. The molecular formula is C50H30N4O. The number of hydrogen-bond donors (Lipinski definition) is 0. The van der Waals surface area contributed by atoms with Gasteiger partial charge >= 0.3 is 0 Å². The van der Waals surface area contributed by atoms with Crippen molar-refractivity contribution in [3.8, 4) is 34.0 Å². The zero-order valence-corrected chi connectivity index (χ0v) is 29.5. The summed E-state index contributed by atoms with van der Waals surface area (Å²) >= 11 is 0. The summed E-state index contributed by atoms with van der Waals surface area (Å²) < 4.78 is 11.8. The Morgan fingerprint density at radius 3 is 1.65 bits per heavy atom. The third-order valence-electron chi connectivity index (χ3n) is 11.1. The monoisotopic (exact) mass is 702 g/mol. The number of nitrogens with zero attached hydrogens (tertiary/aromatic N) is 4. The largest absolute Gasteiger partial charge is 0.455 e. The summed E-state index contributed by atoms with van der Waals surface area (Å²) in [6, 6.07) is 63.9. The van der Waals surface area contributed by atoms with E-state index in [1.807, 2.05) is 18.2 Å². The molecule has 4 aromatic heterocycles. The molecule has 0 N–H and O–H groups in total. The number of fused-ring (bicyclic) bond motifs is 13. The molecule has 0 aliphatic heterocycles. The minimum Gasteiger partial charge on any atom is -0.455 e. The minimum atomic E-state index is 0.696. The van der Waals surface area contributed by atoms with Gasteiger partial charge in [-0.3, -0.25) is 0 Å². The van der Waals surface area contributed by atoms with E-state index in [1.54, 1.807) is 0 Å². The maximum atomic E-state index is 6.92. The molecule has 5 nitrogen and oxygen atoms in total. The molecule has 12 rings (SSSR count). The van der Waals surface area contributed by atoms with Gasteiger partial charge < -0.3 is 13.6 Å². The van der Waals surface area contributed by atoms with Gasteiger partial charge in [0.05, 0.1) is 38.7 Å². The van der Waals surface area contributed by atoms with E-state index in [0.717, 1.165) is 93.9 Å². The number of aromatic nitrogens is 4. The Morgan fingerprint density at radius 2 is 0.927 bits per heavy atom. The maximum Gasteiger partial charge on any atom is 0.160 e. The third-order valence-corrected chi connectivity index (χ3v) is 11.1. The number of benzene rings is 8. The van der Waals surface area contributed by atoms with E-state index in [2.05, 4.69) is 173 Å². The minimum absolute atomic E-state index is 0.696. The lowest BCUT2D eigenvalue weighted by atomic mass is 10.0. The molecule has 0 radical (unpaired) electrons. The Morgan fingerprint density at radius 1 is 0.382 bits per heavy atom. The smallest absolute Gasteiger partial charge is 0.160 e. The Balaban J connectivity index is 1.19. The highest BCUT2D eigenvalue weighted by Crippen LogP contribution is 2.49. The van der Waals surface area contributed by atoms with Crippen molar-refractivity contribution in [1.82, 2.24) is 19.1 Å². The van der Waals surface area contributed by atoms with E-state index in [9.17, 15) is 0 Å². The van der Waals surface area contributed by atoms with Gasteiger partial charge in [0.25, 0.3) is 0 Å². The van der Waals surface area contributed by atoms with Gasteiger partial charge in [-0.1, -0.05) is 121 Å². The lowest BCUT2D eigenvalue weighted by molar-refractivity contribution is 0.673. The molecule has 5 heteroatoms. The van der Waals surface area contributed by atoms with Crippen LogP contribution in [-0.4, -0.2) is 19.1 Å². The lowest BCUT2D eigenvalue weighted by Gasteiger charge is -2.13. The van der Waals surface area contributed by atoms with Crippen LogP contribution in [-0.2, 0) is 0 Å². The average molecular weight is 703 g/mol. The Hall–Kier alpha value is -7.50. The Bertz CT molecular complexity index is 3470. The standard InChI is InChI=1S/C50H30N4O/c1-3-15-31(16-4-1)46-35-19-7-11-23-39(35)51-50(52-46)32-27-29-34(30-28-32)54-41-25-13-9-21-37(41)45-48(54)47-43(44-38-22-10-14-26-42(38)55-49(44)45)36-20-8-12-24-40(36)53(47)33-17-5-2-6-18-33/h1-30H. The molecule has 256 valence electrons. The van der Waals surface area contributed by atoms with Gasteiger partial charge in [-0.2, -0.15) is 0 Å². The number of hydrogen-bond acceptors (Lipinski definition) is 3. The van der Waals surface area contributed by atoms with Crippen molar-refractivity contribution < 1.29 is 4.42 Å². The molecule has 0 saturated carbocycles. The van der Waals surface area contributed by atoms with Gasteiger partial charge in [0.1, 0.15) is 11.2 Å². The second-order valence-electron chi connectivity index (χ2n) is 14.1. The predicted octanol–water partition coefficient (Wildman–Crippen LogP) is 13.1. The zero-order chi connectivity index (χ0) is 36.0. The molecule has 0 aliphatic carbocycles. The summed E-state index contributed by atoms with van der Waals surface area (Å²) in [6.07, 6.45) is 0. The summed E-state index contributed by atoms with van der Waals surface area (Å²) in [5.41, 5.74) is 12.3. The Kier molecular flexibility index (Phi) is 6.27. The molecule has 8 aromatic carbocycles. The zero-order valence-electron chi connectivity index (χ0n) is 29.5. The van der Waals surface area contributed by atoms with E-state index < -0.39 is 0 Å². The summed E-state index contributed by atoms with van der Waals surface area (Å²) in [7, 11) is 0. The van der Waals surface area contributed by atoms with E-state index in [-0.39, 0.29) is 0 Å². The molecule has 55 heavy (non-hydrogen) atoms. The highest BCUT2D eigenvalue weighted by atomic mass is 16.3. The molecule has 0 saturated heterocycles. The van der Waals surface area contributed by atoms with Crippen LogP contribution in [0.3, 0.4) is 0 Å². The number of furan rings is 1. The van der Waals surface area contributed by atoms with Crippen LogP contribution in [0, 0.1) is 0 Å². The van der Waals surface area contributed by atoms with Crippen LogP contribution in [0.15, 0.2) is 186 Å². The van der Waals surface area contributed by atoms with Gasteiger partial charge in [-0.25, -0.2) is 9.97 Å². The van der Waals surface area contributed by atoms with E-state index in [4.69, 9.17) is 14.4 Å². The lowest BCUT2D eigenvalue weighted by Crippen LogP contribution is -1.99. The topological polar surface area (TPSA) is 48.8 Å². The molecule has 0 fully saturated rings. The van der Waals surface area contributed by atoms with Gasteiger partial charge in [-0.15, -0.1) is 0 Å². The molecule has 0 aliphatic rings. The van der Waals surface area contributed by atoms with Crippen LogP contribution in [0.1, 0.15) is 0 Å². The molecule has 4 heterocycles. The second kappa shape index (κ2) is 11.5. The molecule has 12 aromatic rings. The molecule has 0 bridgehead atoms. The number of rotatable bonds is 4. The number of para-hydroxylation sites is 5. The van der Waals surface area contributed by atoms with Gasteiger partial charge in [-0.05, 0) is 60.7 Å². The van der Waals surface area contributed by atoms with Crippen molar-refractivity contribution in [2.75, 3.05) is 0 Å². The first-order chi connectivity index (χ1) is 27.3. The maximum absolute atomic E-state index is 6.92. The molecule has 0 atom stereocenters. The molecular weight excluding hydrogens is 673 g/mol. The highest BCUT2D eigenvalue weighted by molar-refractivity contribution is 6.39. The molecule has 0 unspecified atom stereocenters. The summed E-state index contributed by atoms with van der Waals surface area (Å²) in [6.45, 7) is 0. The average Bonchev–Trinajstić information content (AvgIpc) is 3.92. The van der Waals surface area contributed by atoms with Crippen LogP contribution >= 0.6 is 0 Å². The summed E-state index contributed by atoms with van der Waals surface area (Å²) in [5, 5.41) is 7.91. The quantitative estimate of drug-likeness (QED) is 0.183. The van der Waals surface area contributed by atoms with Crippen molar-refractivity contribution >= 4 is 76.5 Å². The van der Waals surface area contributed by atoms with Crippen LogP contribution < -0.4 is 0 Å². The Labute approximate surface area is 315 Å². The fourth-order valence-electron chi connectivity index (χ4n) is 8.78. The van der Waals surface area contributed by atoms with Crippen molar-refractivity contribution in [3.63, 3.8) is 0 Å². The van der Waals surface area contributed by atoms with Crippen LogP contribution in [0.2, 0.25) is 0 Å². The first kappa shape index (κ1) is 30.0. The van der Waals surface area contributed by atoms with Crippen molar-refractivity contribution in [2.45, 2.75) is 0 Å². The van der Waals surface area contributed by atoms with E-state index >= 15 is 0 Å². The normalized spacial score (nSPS) is 12.0. The van der Waals surface area contributed by atoms with Crippen LogP contribution in [0.25, 0.3) is 110 Å². The van der Waals surface area contributed by atoms with Crippen molar-refractivity contribution in [2.24, 2.45) is 0 Å². The predicted molar refractivity (Wildman–Crippen MR) is 226 cm³/mol. The van der Waals surface area contributed by atoms with Gasteiger partial charge in [0.15, 0.2) is 5.82 Å². The third kappa shape index (κ3) is 4.29. The SMILES string of the molecule is c1ccc(-c2nc(-c3ccc(-n4c5ccccc5c5c6oc7ccccc7c6c6c7ccccc7n(-c7ccccc7)c6c54)cc3)nc3ccccc23)cc1. The molecule has 0 amide bonds. The van der Waals surface area contributed by atoms with Crippen molar-refractivity contribution in [3.05, 3.63) is 182 Å². The van der Waals surface area contributed by atoms with Gasteiger partial charge in [0, 0.05) is 54.8 Å².